The Hall–Kier alpha value is -3.76. The highest BCUT2D eigenvalue weighted by Crippen LogP contribution is 2.20. The number of nitrogens with zero attached hydrogens (tertiary/aromatic N) is 2. The lowest BCUT2D eigenvalue weighted by atomic mass is 10.2. The van der Waals surface area contributed by atoms with E-state index >= 15 is 0 Å². The van der Waals surface area contributed by atoms with Gasteiger partial charge >= 0.3 is 0 Å². The number of carbonyl (C=O) groups excluding carboxylic acids is 3. The molecule has 2 aromatic carbocycles. The van der Waals surface area contributed by atoms with E-state index in [0.29, 0.717) is 17.9 Å². The number of nitrogens with one attached hydrogen (secondary N) is 4. The Bertz CT molecular complexity index is 1270. The third-order valence-corrected chi connectivity index (χ3v) is 6.61. The molecule has 0 unspecified atom stereocenters. The van der Waals surface area contributed by atoms with Gasteiger partial charge in [0.2, 0.25) is 0 Å². The molecular weight excluding hydrogens is 511 g/mol. The number of amides is 3. The summed E-state index contributed by atoms with van der Waals surface area (Å²) in [6.45, 7) is 4.00. The number of benzene rings is 2. The van der Waals surface area contributed by atoms with Gasteiger partial charge in [-0.25, -0.2) is 9.37 Å². The molecule has 0 atom stereocenters. The second-order valence-electron chi connectivity index (χ2n) is 9.10. The fourth-order valence-corrected chi connectivity index (χ4v) is 4.52. The van der Waals surface area contributed by atoms with Gasteiger partial charge in [-0.2, -0.15) is 0 Å². The van der Waals surface area contributed by atoms with Crippen LogP contribution in [0.5, 0.6) is 0 Å². The van der Waals surface area contributed by atoms with Crippen LogP contribution < -0.4 is 16.0 Å². The molecule has 0 aliphatic carbocycles. The number of hydrogen-bond donors (Lipinski definition) is 4. The number of rotatable bonds is 11. The Morgan fingerprint density at radius 1 is 0.921 bits per heavy atom. The Kier molecular flexibility index (Phi) is 9.45. The van der Waals surface area contributed by atoms with Gasteiger partial charge in [-0.05, 0) is 87.8 Å². The number of halogens is 2. The third kappa shape index (κ3) is 7.39. The van der Waals surface area contributed by atoms with Gasteiger partial charge in [-0.15, -0.1) is 0 Å². The first-order chi connectivity index (χ1) is 18.4. The normalized spacial score (nSPS) is 13.3. The van der Waals surface area contributed by atoms with Gasteiger partial charge in [0.05, 0.1) is 16.9 Å². The van der Waals surface area contributed by atoms with E-state index in [1.807, 2.05) is 0 Å². The summed E-state index contributed by atoms with van der Waals surface area (Å²) in [6, 6.07) is 9.89. The maximum atomic E-state index is 13.2. The second kappa shape index (κ2) is 13.2. The van der Waals surface area contributed by atoms with Crippen LogP contribution in [0.2, 0.25) is 5.02 Å². The van der Waals surface area contributed by atoms with Crippen LogP contribution in [0.25, 0.3) is 0 Å². The van der Waals surface area contributed by atoms with Crippen molar-refractivity contribution in [3.05, 3.63) is 76.6 Å². The van der Waals surface area contributed by atoms with Gasteiger partial charge < -0.3 is 25.8 Å². The molecule has 1 aromatic heterocycles. The molecule has 3 aromatic rings. The van der Waals surface area contributed by atoms with Crippen molar-refractivity contribution in [1.29, 1.82) is 0 Å². The number of aromatic amines is 1. The molecule has 4 N–H and O–H groups in total. The van der Waals surface area contributed by atoms with E-state index in [-0.39, 0.29) is 22.0 Å². The maximum absolute atomic E-state index is 13.2. The van der Waals surface area contributed by atoms with E-state index in [1.165, 1.54) is 38.3 Å². The van der Waals surface area contributed by atoms with Crippen LogP contribution in [-0.2, 0) is 0 Å². The lowest BCUT2D eigenvalue weighted by Crippen LogP contribution is -2.28. The van der Waals surface area contributed by atoms with E-state index < -0.39 is 23.5 Å². The van der Waals surface area contributed by atoms with Crippen molar-refractivity contribution in [3.63, 3.8) is 0 Å². The fraction of sp³-hybridized carbons (Fsp3) is 0.333. The molecular formula is C27H30ClFN6O3. The molecule has 0 radical (unpaired) electrons. The number of H-pyrrole nitrogens is 1. The second-order valence-corrected chi connectivity index (χ2v) is 9.51. The lowest BCUT2D eigenvalue weighted by Gasteiger charge is -2.13. The average molecular weight is 541 g/mol. The maximum Gasteiger partial charge on any atom is 0.274 e. The van der Waals surface area contributed by atoms with Crippen LogP contribution in [0.15, 0.2) is 48.8 Å². The van der Waals surface area contributed by atoms with E-state index in [9.17, 15) is 18.8 Å². The highest BCUT2D eigenvalue weighted by atomic mass is 35.5. The van der Waals surface area contributed by atoms with Crippen LogP contribution in [0.1, 0.15) is 63.4 Å². The number of likely N-dealkylation sites (tertiary alicyclic amines) is 1. The summed E-state index contributed by atoms with van der Waals surface area (Å²) in [6.07, 6.45) is 6.87. The molecule has 9 nitrogen and oxygen atoms in total. The van der Waals surface area contributed by atoms with Gasteiger partial charge in [0.1, 0.15) is 11.5 Å². The Balaban J connectivity index is 1.24. The summed E-state index contributed by atoms with van der Waals surface area (Å²) in [4.78, 5) is 47.0. The van der Waals surface area contributed by atoms with Crippen molar-refractivity contribution in [2.45, 2.75) is 32.1 Å². The Morgan fingerprint density at radius 2 is 1.61 bits per heavy atom. The third-order valence-electron chi connectivity index (χ3n) is 6.29. The highest BCUT2D eigenvalue weighted by molar-refractivity contribution is 6.34. The summed E-state index contributed by atoms with van der Waals surface area (Å²) in [5.41, 5.74) is 1.12. The van der Waals surface area contributed by atoms with E-state index in [0.717, 1.165) is 37.9 Å². The average Bonchev–Trinajstić information content (AvgIpc) is 3.59. The summed E-state index contributed by atoms with van der Waals surface area (Å²) in [5.74, 6) is -1.96. The van der Waals surface area contributed by atoms with E-state index in [1.54, 1.807) is 24.3 Å². The molecule has 200 valence electrons. The number of imidazole rings is 1. The minimum absolute atomic E-state index is 0.00306. The van der Waals surface area contributed by atoms with E-state index in [2.05, 4.69) is 30.8 Å². The zero-order valence-corrected chi connectivity index (χ0v) is 21.6. The molecule has 4 rings (SSSR count). The number of anilines is 2. The molecule has 38 heavy (non-hydrogen) atoms. The number of unbranched alkanes of at least 4 members (excludes halogenated alkanes) is 2. The quantitative estimate of drug-likeness (QED) is 0.263. The van der Waals surface area contributed by atoms with Crippen molar-refractivity contribution >= 4 is 40.7 Å². The van der Waals surface area contributed by atoms with Gasteiger partial charge in [0, 0.05) is 17.9 Å². The zero-order valence-electron chi connectivity index (χ0n) is 20.9. The summed E-state index contributed by atoms with van der Waals surface area (Å²) < 4.78 is 13.2. The van der Waals surface area contributed by atoms with Crippen LogP contribution in [0, 0.1) is 5.82 Å². The Morgan fingerprint density at radius 3 is 2.29 bits per heavy atom. The van der Waals surface area contributed by atoms with Crippen LogP contribution in [-0.4, -0.2) is 58.8 Å². The van der Waals surface area contributed by atoms with Gasteiger partial charge in [0.25, 0.3) is 17.7 Å². The molecule has 0 spiro atoms. The molecule has 1 fully saturated rings. The SMILES string of the molecule is O=C(Nc1ccc(NC(=O)c2[nH]cnc2C(=O)NCCCCCN2CCCC2)cc1)c1ccc(F)cc1Cl. The Labute approximate surface area is 225 Å². The monoisotopic (exact) mass is 540 g/mol. The van der Waals surface area contributed by atoms with Crippen molar-refractivity contribution < 1.29 is 18.8 Å². The minimum atomic E-state index is -0.534. The van der Waals surface area contributed by atoms with Crippen molar-refractivity contribution in [2.75, 3.05) is 36.8 Å². The standard InChI is InChI=1S/C27H30ClFN6O3/c28-22-16-18(29)6-11-21(22)25(36)33-19-7-9-20(10-8-19)34-27(38)24-23(31-17-32-24)26(37)30-12-2-1-3-13-35-14-4-5-15-35/h6-11,16-17H,1-5,12-15H2,(H,30,37)(H,31,32)(H,33,36)(H,34,38). The van der Waals surface area contributed by atoms with Gasteiger partial charge in [0.15, 0.2) is 5.69 Å². The highest BCUT2D eigenvalue weighted by Gasteiger charge is 2.20. The largest absolute Gasteiger partial charge is 0.351 e. The first kappa shape index (κ1) is 27.3. The number of carbonyl (C=O) groups is 3. The smallest absolute Gasteiger partial charge is 0.274 e. The molecule has 1 aliphatic rings. The topological polar surface area (TPSA) is 119 Å². The molecule has 0 saturated carbocycles. The van der Waals surface area contributed by atoms with Crippen LogP contribution >= 0.6 is 11.6 Å². The number of aromatic nitrogens is 2. The molecule has 1 saturated heterocycles. The summed E-state index contributed by atoms with van der Waals surface area (Å²) >= 11 is 5.94. The van der Waals surface area contributed by atoms with Crippen molar-refractivity contribution in [2.24, 2.45) is 0 Å². The first-order valence-corrected chi connectivity index (χ1v) is 13.0. The first-order valence-electron chi connectivity index (χ1n) is 12.6. The van der Waals surface area contributed by atoms with Gasteiger partial charge in [-0.3, -0.25) is 14.4 Å². The zero-order chi connectivity index (χ0) is 26.9. The van der Waals surface area contributed by atoms with Crippen LogP contribution in [0.3, 0.4) is 0 Å². The van der Waals surface area contributed by atoms with Gasteiger partial charge in [-0.1, -0.05) is 18.0 Å². The predicted octanol–water partition coefficient (Wildman–Crippen LogP) is 4.70. The molecule has 2 heterocycles. The van der Waals surface area contributed by atoms with E-state index in [4.69, 9.17) is 11.6 Å². The predicted molar refractivity (Wildman–Crippen MR) is 144 cm³/mol. The fourth-order valence-electron chi connectivity index (χ4n) is 4.27. The van der Waals surface area contributed by atoms with Crippen molar-refractivity contribution in [3.8, 4) is 0 Å². The van der Waals surface area contributed by atoms with Crippen LogP contribution in [0.4, 0.5) is 15.8 Å². The van der Waals surface area contributed by atoms with Crippen molar-refractivity contribution in [1.82, 2.24) is 20.2 Å². The molecule has 0 bridgehead atoms. The minimum Gasteiger partial charge on any atom is -0.351 e. The summed E-state index contributed by atoms with van der Waals surface area (Å²) in [7, 11) is 0. The molecule has 11 heteroatoms. The molecule has 1 aliphatic heterocycles. The summed E-state index contributed by atoms with van der Waals surface area (Å²) in [5, 5.41) is 8.21. The number of hydrogen-bond acceptors (Lipinski definition) is 5. The lowest BCUT2D eigenvalue weighted by molar-refractivity contribution is 0.0934. The molecule has 3 amide bonds.